The summed E-state index contributed by atoms with van der Waals surface area (Å²) in [7, 11) is 0. The van der Waals surface area contributed by atoms with Crippen molar-refractivity contribution < 1.29 is 47.6 Å². The molecule has 0 unspecified atom stereocenters. The number of esters is 4. The molecule has 3 aliphatic rings. The molecule has 10 heteroatoms. The Labute approximate surface area is 332 Å². The Balaban J connectivity index is 0.979. The largest absolute Gasteiger partial charge is 0.463 e. The Morgan fingerprint density at radius 2 is 0.875 bits per heavy atom. The second kappa shape index (κ2) is 23.1. The lowest BCUT2D eigenvalue weighted by atomic mass is 9.78. The molecule has 0 bridgehead atoms. The number of aryl methyl sites for hydroxylation is 2. The Bertz CT molecular complexity index is 1430. The fourth-order valence-electron chi connectivity index (χ4n) is 8.19. The second-order valence-corrected chi connectivity index (χ2v) is 15.6. The van der Waals surface area contributed by atoms with Crippen LogP contribution in [0.5, 0.6) is 0 Å². The molecule has 0 radical (unpaired) electrons. The summed E-state index contributed by atoms with van der Waals surface area (Å²) >= 11 is 0. The molecule has 10 nitrogen and oxygen atoms in total. The lowest BCUT2D eigenvalue weighted by Crippen LogP contribution is -2.44. The van der Waals surface area contributed by atoms with Gasteiger partial charge in [-0.25, -0.2) is 19.2 Å². The summed E-state index contributed by atoms with van der Waals surface area (Å²) in [5.74, 6) is 0.929. The number of carbonyl (C=O) groups is 4. The quantitative estimate of drug-likeness (QED) is 0.0558. The molecule has 2 saturated carbocycles. The SMILES string of the molecule is C=CC(=O)OCCCC1CCC(CCc2ccc(C(=O)O[C@@H]3OCCO[C@H]3OC(=O)c3ccc(CCC4CCC(CCCOC(=O)C=C)CC4)cc3)cc2)CC1. The van der Waals surface area contributed by atoms with Gasteiger partial charge in [0, 0.05) is 12.2 Å². The zero-order chi connectivity index (χ0) is 39.5. The van der Waals surface area contributed by atoms with Crippen LogP contribution < -0.4 is 0 Å². The molecule has 2 atom stereocenters. The molecule has 1 saturated heterocycles. The van der Waals surface area contributed by atoms with E-state index in [4.69, 9.17) is 28.4 Å². The van der Waals surface area contributed by atoms with Gasteiger partial charge >= 0.3 is 23.9 Å². The Morgan fingerprint density at radius 1 is 0.536 bits per heavy atom. The van der Waals surface area contributed by atoms with E-state index in [2.05, 4.69) is 13.2 Å². The molecule has 56 heavy (non-hydrogen) atoms. The van der Waals surface area contributed by atoms with Crippen molar-refractivity contribution in [3.63, 3.8) is 0 Å². The standard InChI is InChI=1S/C46H60O10/c1-3-41(47)51-29-5-7-33-9-13-35(14-10-33)17-19-37-21-25-39(26-22-37)43(49)55-45-46(54-32-31-53-45)56-44(50)40-27-23-38(24-28-40)20-18-36-15-11-34(12-16-36)8-6-30-52-42(48)4-2/h3-4,21-28,33-36,45-46H,1-2,5-20,29-32H2/t33?,34?,35?,36?,45-,46-/m0/s1. The summed E-state index contributed by atoms with van der Waals surface area (Å²) in [4.78, 5) is 48.6. The highest BCUT2D eigenvalue weighted by molar-refractivity contribution is 5.90. The van der Waals surface area contributed by atoms with Crippen molar-refractivity contribution in [1.82, 2.24) is 0 Å². The highest BCUT2D eigenvalue weighted by atomic mass is 16.8. The first-order valence-electron chi connectivity index (χ1n) is 20.7. The van der Waals surface area contributed by atoms with Crippen LogP contribution in [0.2, 0.25) is 0 Å². The van der Waals surface area contributed by atoms with Crippen molar-refractivity contribution in [2.24, 2.45) is 23.7 Å². The summed E-state index contributed by atoms with van der Waals surface area (Å²) in [6.07, 6.45) is 17.9. The Hall–Kier alpha value is -4.28. The molecular weight excluding hydrogens is 712 g/mol. The third kappa shape index (κ3) is 14.3. The van der Waals surface area contributed by atoms with E-state index < -0.39 is 24.5 Å². The van der Waals surface area contributed by atoms with Gasteiger partial charge in [0.15, 0.2) is 0 Å². The smallest absolute Gasteiger partial charge is 0.340 e. The normalized spacial score (nSPS) is 23.6. The molecule has 1 heterocycles. The van der Waals surface area contributed by atoms with Gasteiger partial charge < -0.3 is 28.4 Å². The number of rotatable bonds is 20. The molecule has 2 aliphatic carbocycles. The summed E-state index contributed by atoms with van der Waals surface area (Å²) in [5.41, 5.74) is 3.12. The summed E-state index contributed by atoms with van der Waals surface area (Å²) in [6.45, 7) is 8.20. The van der Waals surface area contributed by atoms with Crippen molar-refractivity contribution in [3.8, 4) is 0 Å². The maximum absolute atomic E-state index is 13.1. The van der Waals surface area contributed by atoms with E-state index in [0.29, 0.717) is 48.0 Å². The third-order valence-electron chi connectivity index (χ3n) is 11.6. The zero-order valence-corrected chi connectivity index (χ0v) is 32.9. The molecule has 5 rings (SSSR count). The molecule has 1 aliphatic heterocycles. The first-order chi connectivity index (χ1) is 27.3. The number of carbonyl (C=O) groups excluding carboxylic acids is 4. The molecule has 0 N–H and O–H groups in total. The van der Waals surface area contributed by atoms with Gasteiger partial charge in [-0.3, -0.25) is 0 Å². The Morgan fingerprint density at radius 3 is 1.21 bits per heavy atom. The van der Waals surface area contributed by atoms with E-state index in [1.165, 1.54) is 74.6 Å². The van der Waals surface area contributed by atoms with E-state index in [9.17, 15) is 19.2 Å². The molecule has 0 spiro atoms. The van der Waals surface area contributed by atoms with E-state index in [0.717, 1.165) is 51.4 Å². The first-order valence-corrected chi connectivity index (χ1v) is 20.7. The second-order valence-electron chi connectivity index (χ2n) is 15.6. The van der Waals surface area contributed by atoms with Crippen LogP contribution in [-0.4, -0.2) is 62.9 Å². The van der Waals surface area contributed by atoms with Crippen LogP contribution in [0.4, 0.5) is 0 Å². The van der Waals surface area contributed by atoms with E-state index in [1.54, 1.807) is 24.3 Å². The van der Waals surface area contributed by atoms with Crippen LogP contribution in [0.25, 0.3) is 0 Å². The van der Waals surface area contributed by atoms with Crippen LogP contribution in [-0.2, 0) is 50.9 Å². The molecule has 304 valence electrons. The average molecular weight is 773 g/mol. The van der Waals surface area contributed by atoms with Crippen molar-refractivity contribution in [2.75, 3.05) is 26.4 Å². The third-order valence-corrected chi connectivity index (χ3v) is 11.6. The van der Waals surface area contributed by atoms with Gasteiger partial charge in [0.2, 0.25) is 0 Å². The number of hydrogen-bond donors (Lipinski definition) is 0. The molecular formula is C46H60O10. The van der Waals surface area contributed by atoms with E-state index in [-0.39, 0.29) is 25.2 Å². The first kappa shape index (κ1) is 42.9. The van der Waals surface area contributed by atoms with Gasteiger partial charge in [0.05, 0.1) is 37.6 Å². The number of benzene rings is 2. The van der Waals surface area contributed by atoms with Crippen LogP contribution in [0.3, 0.4) is 0 Å². The molecule has 3 fully saturated rings. The topological polar surface area (TPSA) is 124 Å². The summed E-state index contributed by atoms with van der Waals surface area (Å²) < 4.78 is 32.8. The van der Waals surface area contributed by atoms with Gasteiger partial charge in [0.1, 0.15) is 0 Å². The summed E-state index contributed by atoms with van der Waals surface area (Å²) in [6, 6.07) is 14.9. The minimum atomic E-state index is -1.18. The highest BCUT2D eigenvalue weighted by Crippen LogP contribution is 2.35. The predicted molar refractivity (Wildman–Crippen MR) is 212 cm³/mol. The van der Waals surface area contributed by atoms with Gasteiger partial charge in [-0.1, -0.05) is 88.8 Å². The highest BCUT2D eigenvalue weighted by Gasteiger charge is 2.34. The van der Waals surface area contributed by atoms with Crippen LogP contribution in [0.1, 0.15) is 122 Å². The average Bonchev–Trinajstić information content (AvgIpc) is 3.24. The maximum atomic E-state index is 13.1. The van der Waals surface area contributed by atoms with Crippen LogP contribution >= 0.6 is 0 Å². The molecule has 0 aromatic heterocycles. The Kier molecular flexibility index (Phi) is 17.7. The number of ether oxygens (including phenoxy) is 6. The van der Waals surface area contributed by atoms with Crippen LogP contribution in [0, 0.1) is 23.7 Å². The van der Waals surface area contributed by atoms with Crippen molar-refractivity contribution in [3.05, 3.63) is 96.1 Å². The fourth-order valence-corrected chi connectivity index (χ4v) is 8.19. The van der Waals surface area contributed by atoms with E-state index >= 15 is 0 Å². The molecule has 0 amide bonds. The van der Waals surface area contributed by atoms with Crippen molar-refractivity contribution in [2.45, 2.75) is 115 Å². The zero-order valence-electron chi connectivity index (χ0n) is 32.9. The van der Waals surface area contributed by atoms with Gasteiger partial charge in [-0.2, -0.15) is 0 Å². The van der Waals surface area contributed by atoms with Gasteiger partial charge in [0.25, 0.3) is 12.6 Å². The molecule has 2 aromatic carbocycles. The predicted octanol–water partition coefficient (Wildman–Crippen LogP) is 8.90. The number of hydrogen-bond acceptors (Lipinski definition) is 10. The van der Waals surface area contributed by atoms with Crippen LogP contribution in [0.15, 0.2) is 73.8 Å². The van der Waals surface area contributed by atoms with Gasteiger partial charge in [-0.05, 0) is 110 Å². The monoisotopic (exact) mass is 772 g/mol. The van der Waals surface area contributed by atoms with Gasteiger partial charge in [-0.15, -0.1) is 0 Å². The van der Waals surface area contributed by atoms with Crippen molar-refractivity contribution in [1.29, 1.82) is 0 Å². The lowest BCUT2D eigenvalue weighted by Gasteiger charge is -2.30. The maximum Gasteiger partial charge on any atom is 0.340 e. The lowest BCUT2D eigenvalue weighted by molar-refractivity contribution is -0.288. The van der Waals surface area contributed by atoms with Crippen molar-refractivity contribution >= 4 is 23.9 Å². The summed E-state index contributed by atoms with van der Waals surface area (Å²) in [5, 5.41) is 0. The fraction of sp³-hybridized carbons (Fsp3) is 0.565. The minimum Gasteiger partial charge on any atom is -0.463 e. The minimum absolute atomic E-state index is 0.210. The van der Waals surface area contributed by atoms with E-state index in [1.807, 2.05) is 24.3 Å². The molecule has 2 aromatic rings.